The molecule has 0 aliphatic rings. The number of hydrogen-bond donors (Lipinski definition) is 2. The fraction of sp³-hybridized carbons (Fsp3) is 0.0667. The molecule has 0 spiro atoms. The lowest BCUT2D eigenvalue weighted by Gasteiger charge is -2.24. The van der Waals surface area contributed by atoms with Crippen molar-refractivity contribution in [3.05, 3.63) is 58.9 Å². The molecule has 5 nitrogen and oxygen atoms in total. The summed E-state index contributed by atoms with van der Waals surface area (Å²) in [6.07, 6.45) is 0. The number of carbonyl (C=O) groups is 2. The highest BCUT2D eigenvalue weighted by molar-refractivity contribution is 6.31. The first-order valence-electron chi connectivity index (χ1n) is 6.16. The zero-order chi connectivity index (χ0) is 16.3. The van der Waals surface area contributed by atoms with E-state index in [1.807, 2.05) is 0 Å². The number of aliphatic carboxylic acids is 1. The summed E-state index contributed by atoms with van der Waals surface area (Å²) in [5, 5.41) is 18.5. The molecule has 0 saturated heterocycles. The monoisotopic (exact) mass is 323 g/mol. The molecule has 2 rings (SSSR count). The van der Waals surface area contributed by atoms with Gasteiger partial charge < -0.3 is 15.1 Å². The number of aromatic carboxylic acids is 1. The number of carboxylic acids is 2. The summed E-state index contributed by atoms with van der Waals surface area (Å²) in [5.74, 6) is -2.88. The Kier molecular flexibility index (Phi) is 4.62. The van der Waals surface area contributed by atoms with Gasteiger partial charge in [0.1, 0.15) is 12.4 Å². The van der Waals surface area contributed by atoms with E-state index in [4.69, 9.17) is 16.7 Å². The summed E-state index contributed by atoms with van der Waals surface area (Å²) in [5.41, 5.74) is 0.373. The van der Waals surface area contributed by atoms with Gasteiger partial charge in [-0.1, -0.05) is 11.6 Å². The van der Waals surface area contributed by atoms with Crippen LogP contribution in [0.25, 0.3) is 0 Å². The van der Waals surface area contributed by atoms with Gasteiger partial charge >= 0.3 is 11.9 Å². The molecule has 0 saturated carbocycles. The molecule has 114 valence electrons. The van der Waals surface area contributed by atoms with E-state index in [2.05, 4.69) is 0 Å². The molecule has 0 amide bonds. The third-order valence-corrected chi connectivity index (χ3v) is 3.15. The van der Waals surface area contributed by atoms with Gasteiger partial charge in [0.2, 0.25) is 0 Å². The van der Waals surface area contributed by atoms with Crippen molar-refractivity contribution in [3.63, 3.8) is 0 Å². The van der Waals surface area contributed by atoms with Crippen LogP contribution >= 0.6 is 11.6 Å². The highest BCUT2D eigenvalue weighted by atomic mass is 35.5. The SMILES string of the molecule is O=C(O)CN(c1ccc(F)cc1)c1ccc(Cl)cc1C(=O)O. The Morgan fingerprint density at radius 1 is 1.09 bits per heavy atom. The minimum absolute atomic E-state index is 0.141. The van der Waals surface area contributed by atoms with E-state index in [0.717, 1.165) is 0 Å². The van der Waals surface area contributed by atoms with Crippen molar-refractivity contribution in [2.75, 3.05) is 11.4 Å². The van der Waals surface area contributed by atoms with Gasteiger partial charge in [-0.3, -0.25) is 4.79 Å². The van der Waals surface area contributed by atoms with Crippen molar-refractivity contribution in [2.24, 2.45) is 0 Å². The van der Waals surface area contributed by atoms with E-state index in [9.17, 15) is 19.1 Å². The van der Waals surface area contributed by atoms with Gasteiger partial charge in [0.05, 0.1) is 11.3 Å². The summed E-state index contributed by atoms with van der Waals surface area (Å²) < 4.78 is 13.0. The van der Waals surface area contributed by atoms with E-state index in [1.165, 1.54) is 47.4 Å². The first-order valence-corrected chi connectivity index (χ1v) is 6.54. The van der Waals surface area contributed by atoms with Crippen LogP contribution in [0.1, 0.15) is 10.4 Å². The predicted molar refractivity (Wildman–Crippen MR) is 79.5 cm³/mol. The van der Waals surface area contributed by atoms with Crippen LogP contribution in [0.5, 0.6) is 0 Å². The maximum Gasteiger partial charge on any atom is 0.337 e. The largest absolute Gasteiger partial charge is 0.480 e. The highest BCUT2D eigenvalue weighted by Crippen LogP contribution is 2.30. The Labute approximate surface area is 130 Å². The lowest BCUT2D eigenvalue weighted by molar-refractivity contribution is -0.135. The molecule has 0 radical (unpaired) electrons. The van der Waals surface area contributed by atoms with Crippen LogP contribution in [-0.2, 0) is 4.79 Å². The Morgan fingerprint density at radius 2 is 1.73 bits per heavy atom. The number of carboxylic acid groups (broad SMARTS) is 2. The molecular formula is C15H11ClFNO4. The lowest BCUT2D eigenvalue weighted by Crippen LogP contribution is -2.26. The van der Waals surface area contributed by atoms with E-state index >= 15 is 0 Å². The van der Waals surface area contributed by atoms with Crippen LogP contribution < -0.4 is 4.90 Å². The molecule has 0 fully saturated rings. The third kappa shape index (κ3) is 3.53. The van der Waals surface area contributed by atoms with E-state index in [-0.39, 0.29) is 16.3 Å². The van der Waals surface area contributed by atoms with Gasteiger partial charge in [0, 0.05) is 10.7 Å². The van der Waals surface area contributed by atoms with Crippen LogP contribution in [0.2, 0.25) is 5.02 Å². The van der Waals surface area contributed by atoms with Gasteiger partial charge in [-0.25, -0.2) is 9.18 Å². The first kappa shape index (κ1) is 15.8. The number of anilines is 2. The van der Waals surface area contributed by atoms with Crippen LogP contribution in [-0.4, -0.2) is 28.7 Å². The van der Waals surface area contributed by atoms with E-state index in [0.29, 0.717) is 5.69 Å². The summed E-state index contributed by atoms with van der Waals surface area (Å²) >= 11 is 5.79. The van der Waals surface area contributed by atoms with Crippen LogP contribution in [0.4, 0.5) is 15.8 Å². The van der Waals surface area contributed by atoms with Crippen molar-refractivity contribution in [1.29, 1.82) is 0 Å². The van der Waals surface area contributed by atoms with E-state index in [1.54, 1.807) is 0 Å². The quantitative estimate of drug-likeness (QED) is 0.881. The molecule has 0 aliphatic carbocycles. The highest BCUT2D eigenvalue weighted by Gasteiger charge is 2.20. The van der Waals surface area contributed by atoms with E-state index < -0.39 is 24.3 Å². The number of rotatable bonds is 5. The molecular weight excluding hydrogens is 313 g/mol. The smallest absolute Gasteiger partial charge is 0.337 e. The summed E-state index contributed by atoms with van der Waals surface area (Å²) in [7, 11) is 0. The molecule has 0 bridgehead atoms. The first-order chi connectivity index (χ1) is 10.4. The maximum atomic E-state index is 13.0. The Balaban J connectivity index is 2.57. The van der Waals surface area contributed by atoms with Gasteiger partial charge in [0.25, 0.3) is 0 Å². The molecule has 0 unspecified atom stereocenters. The van der Waals surface area contributed by atoms with Crippen molar-refractivity contribution in [3.8, 4) is 0 Å². The fourth-order valence-corrected chi connectivity index (χ4v) is 2.16. The number of halogens is 2. The Morgan fingerprint density at radius 3 is 2.27 bits per heavy atom. The summed E-state index contributed by atoms with van der Waals surface area (Å²) in [6.45, 7) is -0.479. The maximum absolute atomic E-state index is 13.0. The lowest BCUT2D eigenvalue weighted by atomic mass is 10.1. The molecule has 22 heavy (non-hydrogen) atoms. The van der Waals surface area contributed by atoms with Crippen molar-refractivity contribution < 1.29 is 24.2 Å². The second-order valence-corrected chi connectivity index (χ2v) is 4.86. The molecule has 0 aliphatic heterocycles. The molecule has 2 N–H and O–H groups in total. The molecule has 0 aromatic heterocycles. The zero-order valence-electron chi connectivity index (χ0n) is 11.2. The molecule has 2 aromatic carbocycles. The van der Waals surface area contributed by atoms with Crippen LogP contribution in [0.15, 0.2) is 42.5 Å². The van der Waals surface area contributed by atoms with Crippen LogP contribution in [0.3, 0.4) is 0 Å². The number of hydrogen-bond acceptors (Lipinski definition) is 3. The topological polar surface area (TPSA) is 77.8 Å². The number of benzene rings is 2. The zero-order valence-corrected chi connectivity index (χ0v) is 11.9. The van der Waals surface area contributed by atoms with Gasteiger partial charge in [0.15, 0.2) is 0 Å². The Bertz CT molecular complexity index is 718. The fourth-order valence-electron chi connectivity index (χ4n) is 1.99. The average molecular weight is 324 g/mol. The molecule has 0 atom stereocenters. The standard InChI is InChI=1S/C15H11ClFNO4/c16-9-1-6-13(12(7-9)15(21)22)18(8-14(19)20)11-4-2-10(17)3-5-11/h1-7H,8H2,(H,19,20)(H,21,22). The summed E-state index contributed by atoms with van der Waals surface area (Å²) in [4.78, 5) is 23.7. The normalized spacial score (nSPS) is 10.3. The minimum atomic E-state index is -1.24. The van der Waals surface area contributed by atoms with Crippen molar-refractivity contribution in [1.82, 2.24) is 0 Å². The molecule has 7 heteroatoms. The van der Waals surface area contributed by atoms with Gasteiger partial charge in [-0.15, -0.1) is 0 Å². The van der Waals surface area contributed by atoms with Gasteiger partial charge in [-0.05, 0) is 42.5 Å². The molecule has 0 heterocycles. The third-order valence-electron chi connectivity index (χ3n) is 2.91. The van der Waals surface area contributed by atoms with Crippen molar-refractivity contribution >= 4 is 34.9 Å². The summed E-state index contributed by atoms with van der Waals surface area (Å²) in [6, 6.07) is 9.19. The molecule has 2 aromatic rings. The average Bonchev–Trinajstić information content (AvgIpc) is 2.45. The Hall–Kier alpha value is -2.60. The van der Waals surface area contributed by atoms with Gasteiger partial charge in [-0.2, -0.15) is 0 Å². The predicted octanol–water partition coefficient (Wildman–Crippen LogP) is 3.40. The second kappa shape index (κ2) is 6.44. The van der Waals surface area contributed by atoms with Crippen molar-refractivity contribution in [2.45, 2.75) is 0 Å². The minimum Gasteiger partial charge on any atom is -0.480 e. The second-order valence-electron chi connectivity index (χ2n) is 4.42. The van der Waals surface area contributed by atoms with Crippen LogP contribution in [0, 0.1) is 5.82 Å². The number of nitrogens with zero attached hydrogens (tertiary/aromatic N) is 1.